The summed E-state index contributed by atoms with van der Waals surface area (Å²) in [5.41, 5.74) is 1.59. The maximum atomic E-state index is 5.99. The Hall–Kier alpha value is -0.800. The molecule has 1 aliphatic rings. The van der Waals surface area contributed by atoms with Crippen LogP contribution in [0.25, 0.3) is 10.2 Å². The number of anilines is 1. The van der Waals surface area contributed by atoms with Gasteiger partial charge in [-0.2, -0.15) is 0 Å². The van der Waals surface area contributed by atoms with Crippen LogP contribution in [0.5, 0.6) is 0 Å². The van der Waals surface area contributed by atoms with Gasteiger partial charge in [0.05, 0.1) is 10.2 Å². The Balaban J connectivity index is 1.71. The van der Waals surface area contributed by atoms with Gasteiger partial charge in [-0.15, -0.1) is 0 Å². The molecule has 2 nitrogen and oxygen atoms in total. The molecule has 0 amide bonds. The monoisotopic (exact) mass is 280 g/mol. The van der Waals surface area contributed by atoms with E-state index in [0.29, 0.717) is 5.41 Å². The van der Waals surface area contributed by atoms with Gasteiger partial charge in [-0.05, 0) is 42.9 Å². The fourth-order valence-electron chi connectivity index (χ4n) is 2.46. The number of nitrogens with zero attached hydrogens (tertiary/aromatic N) is 1. The third kappa shape index (κ3) is 2.47. The predicted molar refractivity (Wildman–Crippen MR) is 79.7 cm³/mol. The lowest BCUT2D eigenvalue weighted by atomic mass is 10.0. The maximum absolute atomic E-state index is 5.99. The molecule has 2 aromatic rings. The first kappa shape index (κ1) is 12.2. The zero-order chi connectivity index (χ0) is 12.6. The van der Waals surface area contributed by atoms with Gasteiger partial charge in [0.2, 0.25) is 0 Å². The van der Waals surface area contributed by atoms with Crippen LogP contribution in [0.1, 0.15) is 32.6 Å². The highest BCUT2D eigenvalue weighted by atomic mass is 35.5. The molecule has 1 saturated carbocycles. The highest BCUT2D eigenvalue weighted by Crippen LogP contribution is 2.49. The summed E-state index contributed by atoms with van der Waals surface area (Å²) >= 11 is 7.68. The van der Waals surface area contributed by atoms with E-state index in [1.54, 1.807) is 11.3 Å². The Kier molecular flexibility index (Phi) is 3.20. The first-order valence-electron chi connectivity index (χ1n) is 6.51. The zero-order valence-electron chi connectivity index (χ0n) is 10.5. The van der Waals surface area contributed by atoms with E-state index in [1.807, 2.05) is 18.2 Å². The first-order chi connectivity index (χ1) is 8.71. The third-order valence-electron chi connectivity index (χ3n) is 3.70. The summed E-state index contributed by atoms with van der Waals surface area (Å²) in [5.74, 6) is 0. The molecule has 1 heterocycles. The van der Waals surface area contributed by atoms with E-state index in [2.05, 4.69) is 17.2 Å². The Bertz CT molecular complexity index is 560. The number of thiazole rings is 1. The van der Waals surface area contributed by atoms with Gasteiger partial charge in [-0.3, -0.25) is 0 Å². The second-order valence-corrected chi connectivity index (χ2v) is 6.70. The molecule has 0 unspecified atom stereocenters. The fraction of sp³-hybridized carbons (Fsp3) is 0.500. The van der Waals surface area contributed by atoms with Crippen molar-refractivity contribution in [2.24, 2.45) is 5.41 Å². The van der Waals surface area contributed by atoms with Crippen molar-refractivity contribution < 1.29 is 0 Å². The van der Waals surface area contributed by atoms with E-state index in [4.69, 9.17) is 11.6 Å². The van der Waals surface area contributed by atoms with Gasteiger partial charge in [0.15, 0.2) is 5.13 Å². The van der Waals surface area contributed by atoms with Crippen LogP contribution >= 0.6 is 22.9 Å². The lowest BCUT2D eigenvalue weighted by molar-refractivity contribution is 0.485. The first-order valence-corrected chi connectivity index (χ1v) is 7.70. The minimum atomic E-state index is 0.560. The lowest BCUT2D eigenvalue weighted by Gasteiger charge is -2.13. The third-order valence-corrected chi connectivity index (χ3v) is 4.91. The van der Waals surface area contributed by atoms with Crippen molar-refractivity contribution in [2.75, 3.05) is 11.9 Å². The molecule has 18 heavy (non-hydrogen) atoms. The molecule has 1 aromatic carbocycles. The predicted octanol–water partition coefficient (Wildman–Crippen LogP) is 4.94. The number of aromatic nitrogens is 1. The SMILES string of the molecule is CCCC1(CNc2nc3ccc(Cl)cc3s2)CC1. The number of benzene rings is 1. The van der Waals surface area contributed by atoms with Gasteiger partial charge in [0.1, 0.15) is 0 Å². The summed E-state index contributed by atoms with van der Waals surface area (Å²) in [7, 11) is 0. The van der Waals surface area contributed by atoms with Gasteiger partial charge in [0, 0.05) is 11.6 Å². The summed E-state index contributed by atoms with van der Waals surface area (Å²) in [6.07, 6.45) is 5.34. The molecule has 1 N–H and O–H groups in total. The number of rotatable bonds is 5. The Morgan fingerprint density at radius 2 is 2.28 bits per heavy atom. The average molecular weight is 281 g/mol. The minimum Gasteiger partial charge on any atom is -0.361 e. The Labute approximate surface area is 116 Å². The zero-order valence-corrected chi connectivity index (χ0v) is 12.1. The Morgan fingerprint density at radius 3 is 3.00 bits per heavy atom. The van der Waals surface area contributed by atoms with Crippen LogP contribution < -0.4 is 5.32 Å². The molecule has 1 aliphatic carbocycles. The quantitative estimate of drug-likeness (QED) is 0.839. The number of fused-ring (bicyclic) bond motifs is 1. The van der Waals surface area contributed by atoms with Gasteiger partial charge < -0.3 is 5.32 Å². The number of hydrogen-bond donors (Lipinski definition) is 1. The molecular formula is C14H17ClN2S. The summed E-state index contributed by atoms with van der Waals surface area (Å²) < 4.78 is 1.16. The van der Waals surface area contributed by atoms with Gasteiger partial charge in [-0.25, -0.2) is 4.98 Å². The van der Waals surface area contributed by atoms with Crippen LogP contribution in [0.4, 0.5) is 5.13 Å². The van der Waals surface area contributed by atoms with E-state index in [9.17, 15) is 0 Å². The highest BCUT2D eigenvalue weighted by Gasteiger charge is 2.41. The van der Waals surface area contributed by atoms with Crippen molar-refractivity contribution in [1.82, 2.24) is 4.98 Å². The molecular weight excluding hydrogens is 264 g/mol. The van der Waals surface area contributed by atoms with Crippen LogP contribution in [0.2, 0.25) is 5.02 Å². The highest BCUT2D eigenvalue weighted by molar-refractivity contribution is 7.22. The van der Waals surface area contributed by atoms with Crippen LogP contribution in [0.15, 0.2) is 18.2 Å². The lowest BCUT2D eigenvalue weighted by Crippen LogP contribution is -2.14. The van der Waals surface area contributed by atoms with E-state index in [1.165, 1.54) is 25.7 Å². The van der Waals surface area contributed by atoms with Gasteiger partial charge in [-0.1, -0.05) is 36.3 Å². The second kappa shape index (κ2) is 4.71. The number of hydrogen-bond acceptors (Lipinski definition) is 3. The topological polar surface area (TPSA) is 24.9 Å². The summed E-state index contributed by atoms with van der Waals surface area (Å²) in [6.45, 7) is 3.33. The number of halogens is 1. The molecule has 96 valence electrons. The van der Waals surface area contributed by atoms with E-state index in [0.717, 1.165) is 26.9 Å². The molecule has 4 heteroatoms. The van der Waals surface area contributed by atoms with E-state index < -0.39 is 0 Å². The van der Waals surface area contributed by atoms with Crippen molar-refractivity contribution in [2.45, 2.75) is 32.6 Å². The van der Waals surface area contributed by atoms with Crippen LogP contribution in [0.3, 0.4) is 0 Å². The van der Waals surface area contributed by atoms with Crippen LogP contribution in [0, 0.1) is 5.41 Å². The van der Waals surface area contributed by atoms with Crippen molar-refractivity contribution in [3.63, 3.8) is 0 Å². The summed E-state index contributed by atoms with van der Waals surface area (Å²) in [4.78, 5) is 4.59. The summed E-state index contributed by atoms with van der Waals surface area (Å²) in [5, 5.41) is 5.31. The van der Waals surface area contributed by atoms with Gasteiger partial charge in [0.25, 0.3) is 0 Å². The number of nitrogens with one attached hydrogen (secondary N) is 1. The normalized spacial score (nSPS) is 17.0. The van der Waals surface area contributed by atoms with Gasteiger partial charge >= 0.3 is 0 Å². The molecule has 1 fully saturated rings. The largest absolute Gasteiger partial charge is 0.361 e. The van der Waals surface area contributed by atoms with Crippen molar-refractivity contribution in [1.29, 1.82) is 0 Å². The van der Waals surface area contributed by atoms with Crippen LogP contribution in [-0.2, 0) is 0 Å². The maximum Gasteiger partial charge on any atom is 0.183 e. The summed E-state index contributed by atoms with van der Waals surface area (Å²) in [6, 6.07) is 5.86. The van der Waals surface area contributed by atoms with Crippen LogP contribution in [-0.4, -0.2) is 11.5 Å². The molecule has 3 rings (SSSR count). The molecule has 0 saturated heterocycles. The molecule has 1 aromatic heterocycles. The molecule has 0 bridgehead atoms. The Morgan fingerprint density at radius 1 is 1.44 bits per heavy atom. The fourth-order valence-corrected chi connectivity index (χ4v) is 3.60. The van der Waals surface area contributed by atoms with Crippen molar-refractivity contribution >= 4 is 38.3 Å². The molecule has 0 radical (unpaired) electrons. The second-order valence-electron chi connectivity index (χ2n) is 5.23. The smallest absolute Gasteiger partial charge is 0.183 e. The minimum absolute atomic E-state index is 0.560. The molecule has 0 aliphatic heterocycles. The van der Waals surface area contributed by atoms with E-state index >= 15 is 0 Å². The molecule has 0 spiro atoms. The van der Waals surface area contributed by atoms with Crippen molar-refractivity contribution in [3.8, 4) is 0 Å². The van der Waals surface area contributed by atoms with Crippen molar-refractivity contribution in [3.05, 3.63) is 23.2 Å². The molecule has 0 atom stereocenters. The standard InChI is InChI=1S/C14H17ClN2S/c1-2-5-14(6-7-14)9-16-13-17-11-4-3-10(15)8-12(11)18-13/h3-4,8H,2,5-7,9H2,1H3,(H,16,17). The average Bonchev–Trinajstić information content (AvgIpc) is 2.99. The van der Waals surface area contributed by atoms with E-state index in [-0.39, 0.29) is 0 Å².